The van der Waals surface area contributed by atoms with Gasteiger partial charge in [0.05, 0.1) is 12.1 Å². The molecule has 0 aromatic heterocycles. The van der Waals surface area contributed by atoms with Gasteiger partial charge in [-0.2, -0.15) is 11.8 Å². The molecule has 0 saturated carbocycles. The number of aliphatic hydroxyl groups is 1. The Balaban J connectivity index is 2.90. The summed E-state index contributed by atoms with van der Waals surface area (Å²) in [7, 11) is 0. The molecular formula is C23H36N4O7S. The molecule has 0 bridgehead atoms. The third-order valence-electron chi connectivity index (χ3n) is 5.27. The van der Waals surface area contributed by atoms with E-state index in [4.69, 9.17) is 5.73 Å². The zero-order valence-electron chi connectivity index (χ0n) is 20.4. The van der Waals surface area contributed by atoms with Crippen molar-refractivity contribution in [2.75, 3.05) is 12.0 Å². The minimum absolute atomic E-state index is 0.0701. The average molecular weight is 513 g/mol. The molecular weight excluding hydrogens is 476 g/mol. The maximum Gasteiger partial charge on any atom is 0.326 e. The lowest BCUT2D eigenvalue weighted by atomic mass is 10.0. The van der Waals surface area contributed by atoms with Gasteiger partial charge in [-0.05, 0) is 55.4 Å². The maximum absolute atomic E-state index is 12.9. The van der Waals surface area contributed by atoms with Gasteiger partial charge in [0.1, 0.15) is 23.9 Å². The number of carbonyl (C=O) groups excluding carboxylic acids is 3. The second-order valence-corrected chi connectivity index (χ2v) is 9.60. The Labute approximate surface area is 209 Å². The molecule has 35 heavy (non-hydrogen) atoms. The molecule has 1 aromatic carbocycles. The zero-order chi connectivity index (χ0) is 26.7. The van der Waals surface area contributed by atoms with Gasteiger partial charge >= 0.3 is 5.97 Å². The number of nitrogens with one attached hydrogen (secondary N) is 3. The first-order valence-electron chi connectivity index (χ1n) is 11.2. The van der Waals surface area contributed by atoms with Gasteiger partial charge in [-0.15, -0.1) is 0 Å². The molecule has 0 fully saturated rings. The lowest BCUT2D eigenvalue weighted by molar-refractivity contribution is -0.143. The fourth-order valence-electron chi connectivity index (χ4n) is 3.18. The van der Waals surface area contributed by atoms with Crippen molar-refractivity contribution in [1.29, 1.82) is 0 Å². The van der Waals surface area contributed by atoms with E-state index in [1.165, 1.54) is 30.8 Å². The lowest BCUT2D eigenvalue weighted by Gasteiger charge is -2.27. The summed E-state index contributed by atoms with van der Waals surface area (Å²) in [5.74, 6) is -3.17. The molecule has 5 atom stereocenters. The summed E-state index contributed by atoms with van der Waals surface area (Å²) in [6, 6.07) is 1.50. The van der Waals surface area contributed by atoms with Crippen molar-refractivity contribution in [3.8, 4) is 5.75 Å². The van der Waals surface area contributed by atoms with Crippen molar-refractivity contribution < 1.29 is 34.5 Å². The molecule has 196 valence electrons. The molecule has 0 spiro atoms. The summed E-state index contributed by atoms with van der Waals surface area (Å²) >= 11 is 1.44. The molecule has 0 aliphatic heterocycles. The fourth-order valence-corrected chi connectivity index (χ4v) is 3.65. The highest BCUT2D eigenvalue weighted by Gasteiger charge is 2.32. The summed E-state index contributed by atoms with van der Waals surface area (Å²) in [5.41, 5.74) is 6.64. The number of hydrogen-bond donors (Lipinski definition) is 7. The maximum atomic E-state index is 12.9. The van der Waals surface area contributed by atoms with Crippen LogP contribution in [-0.2, 0) is 25.6 Å². The second kappa shape index (κ2) is 14.5. The molecule has 3 amide bonds. The van der Waals surface area contributed by atoms with Crippen molar-refractivity contribution in [3.05, 3.63) is 29.8 Å². The fraction of sp³-hybridized carbons (Fsp3) is 0.565. The minimum Gasteiger partial charge on any atom is -0.508 e. The van der Waals surface area contributed by atoms with E-state index in [0.717, 1.165) is 0 Å². The molecule has 1 aromatic rings. The van der Waals surface area contributed by atoms with E-state index in [1.54, 1.807) is 26.0 Å². The third-order valence-corrected chi connectivity index (χ3v) is 5.91. The number of nitrogens with two attached hydrogens (primary N) is 1. The Morgan fingerprint density at radius 1 is 0.943 bits per heavy atom. The molecule has 12 heteroatoms. The molecule has 0 heterocycles. The SMILES string of the molecule is CSCCC(NC(=O)C(NC(=O)C(N)Cc1ccc(O)cc1)C(C)O)C(=O)NC(C(=O)O)C(C)C. The molecule has 5 unspecified atom stereocenters. The van der Waals surface area contributed by atoms with Crippen LogP contribution in [0.3, 0.4) is 0 Å². The number of aliphatic carboxylic acids is 1. The van der Waals surface area contributed by atoms with Crippen LogP contribution in [0.4, 0.5) is 0 Å². The Kier molecular flexibility index (Phi) is 12.5. The van der Waals surface area contributed by atoms with Crippen molar-refractivity contribution in [3.63, 3.8) is 0 Å². The van der Waals surface area contributed by atoms with Gasteiger partial charge in [0.25, 0.3) is 0 Å². The largest absolute Gasteiger partial charge is 0.508 e. The van der Waals surface area contributed by atoms with E-state index in [-0.39, 0.29) is 24.5 Å². The number of aliphatic hydroxyl groups excluding tert-OH is 1. The zero-order valence-corrected chi connectivity index (χ0v) is 21.2. The van der Waals surface area contributed by atoms with E-state index in [9.17, 15) is 34.5 Å². The van der Waals surface area contributed by atoms with Gasteiger partial charge in [-0.3, -0.25) is 14.4 Å². The summed E-state index contributed by atoms with van der Waals surface area (Å²) < 4.78 is 0. The van der Waals surface area contributed by atoms with Crippen LogP contribution in [0.5, 0.6) is 5.75 Å². The van der Waals surface area contributed by atoms with Gasteiger partial charge in [-0.1, -0.05) is 26.0 Å². The summed E-state index contributed by atoms with van der Waals surface area (Å²) in [5, 5.41) is 36.2. The Morgan fingerprint density at radius 2 is 1.51 bits per heavy atom. The van der Waals surface area contributed by atoms with Crippen LogP contribution < -0.4 is 21.7 Å². The first kappa shape index (κ1) is 30.2. The molecule has 0 aliphatic rings. The molecule has 0 aliphatic carbocycles. The number of carboxylic acids is 1. The van der Waals surface area contributed by atoms with Crippen molar-refractivity contribution >= 4 is 35.5 Å². The number of thioether (sulfide) groups is 1. The van der Waals surface area contributed by atoms with Gasteiger partial charge in [-0.25, -0.2) is 4.79 Å². The summed E-state index contributed by atoms with van der Waals surface area (Å²) in [6.07, 6.45) is 0.861. The van der Waals surface area contributed by atoms with Gasteiger partial charge in [0.2, 0.25) is 17.7 Å². The number of amides is 3. The molecule has 0 radical (unpaired) electrons. The monoisotopic (exact) mass is 512 g/mol. The Morgan fingerprint density at radius 3 is 2.00 bits per heavy atom. The topological polar surface area (TPSA) is 191 Å². The number of benzene rings is 1. The van der Waals surface area contributed by atoms with E-state index in [2.05, 4.69) is 16.0 Å². The second-order valence-electron chi connectivity index (χ2n) is 8.62. The van der Waals surface area contributed by atoms with E-state index in [1.807, 2.05) is 6.26 Å². The van der Waals surface area contributed by atoms with E-state index in [0.29, 0.717) is 11.3 Å². The number of carboxylic acid groups (broad SMARTS) is 1. The molecule has 8 N–H and O–H groups in total. The summed E-state index contributed by atoms with van der Waals surface area (Å²) in [6.45, 7) is 4.61. The van der Waals surface area contributed by atoms with Crippen LogP contribution in [0.2, 0.25) is 0 Å². The number of rotatable bonds is 14. The number of aromatic hydroxyl groups is 1. The van der Waals surface area contributed by atoms with Crippen molar-refractivity contribution in [1.82, 2.24) is 16.0 Å². The standard InChI is InChI=1S/C23H36N4O7S/c1-12(2)18(23(33)34)26-21(31)17(9-10-35-4)25-22(32)19(13(3)28)27-20(30)16(24)11-14-5-7-15(29)8-6-14/h5-8,12-13,16-19,28-29H,9-11,24H2,1-4H3,(H,25,32)(H,26,31)(H,27,30)(H,33,34). The number of phenols is 1. The quantitative estimate of drug-likeness (QED) is 0.174. The van der Waals surface area contributed by atoms with E-state index < -0.39 is 54.0 Å². The highest BCUT2D eigenvalue weighted by Crippen LogP contribution is 2.11. The van der Waals surface area contributed by atoms with Crippen LogP contribution in [-0.4, -0.2) is 81.3 Å². The molecule has 11 nitrogen and oxygen atoms in total. The number of carbonyl (C=O) groups is 4. The van der Waals surface area contributed by atoms with Crippen LogP contribution in [0.15, 0.2) is 24.3 Å². The number of phenolic OH excluding ortho intramolecular Hbond substituents is 1. The highest BCUT2D eigenvalue weighted by atomic mass is 32.2. The smallest absolute Gasteiger partial charge is 0.326 e. The van der Waals surface area contributed by atoms with E-state index >= 15 is 0 Å². The predicted octanol–water partition coefficient (Wildman–Crippen LogP) is -0.409. The minimum atomic E-state index is -1.39. The predicted molar refractivity (Wildman–Crippen MR) is 133 cm³/mol. The van der Waals surface area contributed by atoms with Crippen LogP contribution in [0, 0.1) is 5.92 Å². The number of hydrogen-bond acceptors (Lipinski definition) is 8. The van der Waals surface area contributed by atoms with Gasteiger partial charge < -0.3 is 37.0 Å². The first-order valence-corrected chi connectivity index (χ1v) is 12.6. The van der Waals surface area contributed by atoms with Crippen LogP contribution in [0.1, 0.15) is 32.8 Å². The first-order chi connectivity index (χ1) is 16.4. The lowest BCUT2D eigenvalue weighted by Crippen LogP contribution is -2.60. The van der Waals surface area contributed by atoms with Gasteiger partial charge in [0, 0.05) is 0 Å². The van der Waals surface area contributed by atoms with Crippen LogP contribution >= 0.6 is 11.8 Å². The summed E-state index contributed by atoms with van der Waals surface area (Å²) in [4.78, 5) is 49.7. The van der Waals surface area contributed by atoms with Crippen LogP contribution in [0.25, 0.3) is 0 Å². The van der Waals surface area contributed by atoms with Crippen molar-refractivity contribution in [2.45, 2.75) is 63.9 Å². The third kappa shape index (κ3) is 10.1. The Bertz CT molecular complexity index is 864. The highest BCUT2D eigenvalue weighted by molar-refractivity contribution is 7.98. The van der Waals surface area contributed by atoms with Crippen molar-refractivity contribution in [2.24, 2.45) is 11.7 Å². The molecule has 0 saturated heterocycles. The molecule has 1 rings (SSSR count). The average Bonchev–Trinajstić information content (AvgIpc) is 2.78. The normalized spacial score (nSPS) is 15.4. The Hall–Kier alpha value is -2.83. The van der Waals surface area contributed by atoms with Gasteiger partial charge in [0.15, 0.2) is 0 Å².